The van der Waals surface area contributed by atoms with Crippen molar-refractivity contribution in [3.05, 3.63) is 0 Å². The van der Waals surface area contributed by atoms with Crippen LogP contribution in [0.2, 0.25) is 0 Å². The molecule has 9 nitrogen and oxygen atoms in total. The SMILES string of the molecule is CC(C)S(=O)(=O)C(C)(S(=O)(=O)C(C)C)S(=O)(=O)C(F)(F)C(F)(F)C(F)(F)N=NN1CCCCC1. The number of sulfone groups is 3. The molecule has 0 bridgehead atoms. The number of hydrogen-bond acceptors (Lipinski definition) is 8. The van der Waals surface area contributed by atoms with Gasteiger partial charge in [0.05, 0.1) is 10.5 Å². The summed E-state index contributed by atoms with van der Waals surface area (Å²) in [6.45, 7) is 2.65. The highest BCUT2D eigenvalue weighted by Gasteiger charge is 2.84. The summed E-state index contributed by atoms with van der Waals surface area (Å²) in [5.74, 6) is -6.88. The fourth-order valence-corrected chi connectivity index (χ4v) is 12.4. The second-order valence-electron chi connectivity index (χ2n) is 8.39. The molecule has 202 valence electrons. The standard InChI is InChI=1S/C16H27F6N3O6S3/c1-11(2)32(26,27)13(5,33(28,29)12(3)4)34(30,31)16(21,22)14(17,18)15(19,20)23-24-25-9-7-6-8-10-25/h11-12H,6-10H2,1-5H3. The fourth-order valence-electron chi connectivity index (χ4n) is 3.05. The molecule has 18 heteroatoms. The van der Waals surface area contributed by atoms with Gasteiger partial charge in [-0.15, -0.1) is 0 Å². The van der Waals surface area contributed by atoms with E-state index in [-0.39, 0.29) is 20.0 Å². The minimum absolute atomic E-state index is 0.00280. The van der Waals surface area contributed by atoms with Crippen LogP contribution in [-0.4, -0.2) is 74.5 Å². The van der Waals surface area contributed by atoms with E-state index in [2.05, 4.69) is 5.22 Å². The van der Waals surface area contributed by atoms with Crippen LogP contribution >= 0.6 is 0 Å². The quantitative estimate of drug-likeness (QED) is 0.225. The van der Waals surface area contributed by atoms with Crippen LogP contribution in [0.4, 0.5) is 26.3 Å². The molecule has 0 saturated carbocycles. The minimum Gasteiger partial charge on any atom is -0.279 e. The Bertz CT molecular complexity index is 1060. The Labute approximate surface area is 194 Å². The molecular weight excluding hydrogens is 540 g/mol. The van der Waals surface area contributed by atoms with Gasteiger partial charge in [-0.3, -0.25) is 5.01 Å². The highest BCUT2D eigenvalue weighted by Crippen LogP contribution is 2.54. The van der Waals surface area contributed by atoms with E-state index in [1.54, 1.807) is 0 Å². The van der Waals surface area contributed by atoms with Crippen molar-refractivity contribution in [1.82, 2.24) is 5.01 Å². The zero-order valence-electron chi connectivity index (χ0n) is 19.0. The molecule has 0 spiro atoms. The fraction of sp³-hybridized carbons (Fsp3) is 1.00. The van der Waals surface area contributed by atoms with Crippen LogP contribution in [0.25, 0.3) is 0 Å². The smallest absolute Gasteiger partial charge is 0.279 e. The van der Waals surface area contributed by atoms with E-state index in [0.29, 0.717) is 19.3 Å². The average molecular weight is 568 g/mol. The molecule has 1 fully saturated rings. The molecule has 0 N–H and O–H groups in total. The summed E-state index contributed by atoms with van der Waals surface area (Å²) < 4.78 is 159. The maximum atomic E-state index is 14.9. The van der Waals surface area contributed by atoms with E-state index >= 15 is 0 Å². The van der Waals surface area contributed by atoms with Crippen LogP contribution in [0, 0.1) is 0 Å². The second kappa shape index (κ2) is 9.37. The van der Waals surface area contributed by atoms with Gasteiger partial charge in [0.15, 0.2) is 19.7 Å². The molecule has 0 atom stereocenters. The molecular formula is C16H27F6N3O6S3. The lowest BCUT2D eigenvalue weighted by atomic mass is 10.2. The van der Waals surface area contributed by atoms with Gasteiger partial charge in [-0.05, 0) is 53.9 Å². The zero-order valence-corrected chi connectivity index (χ0v) is 21.4. The summed E-state index contributed by atoms with van der Waals surface area (Å²) >= 11 is 0. The van der Waals surface area contributed by atoms with Crippen LogP contribution < -0.4 is 0 Å². The second-order valence-corrected chi connectivity index (χ2v) is 17.2. The van der Waals surface area contributed by atoms with Crippen molar-refractivity contribution in [2.24, 2.45) is 10.3 Å². The third kappa shape index (κ3) is 4.41. The first-order valence-electron chi connectivity index (χ1n) is 9.99. The summed E-state index contributed by atoms with van der Waals surface area (Å²) in [6, 6.07) is -6.15. The van der Waals surface area contributed by atoms with E-state index in [9.17, 15) is 51.6 Å². The predicted molar refractivity (Wildman–Crippen MR) is 111 cm³/mol. The van der Waals surface area contributed by atoms with Gasteiger partial charge in [0.2, 0.25) is 0 Å². The first-order valence-corrected chi connectivity index (χ1v) is 14.6. The highest BCUT2D eigenvalue weighted by atomic mass is 32.3. The van der Waals surface area contributed by atoms with Crippen LogP contribution in [0.5, 0.6) is 0 Å². The number of rotatable bonds is 10. The van der Waals surface area contributed by atoms with Crippen LogP contribution in [0.1, 0.15) is 53.9 Å². The average Bonchev–Trinajstić information content (AvgIpc) is 2.71. The van der Waals surface area contributed by atoms with Gasteiger partial charge in [-0.2, -0.15) is 26.3 Å². The first kappa shape index (κ1) is 30.9. The Morgan fingerprint density at radius 1 is 0.735 bits per heavy atom. The molecule has 1 aliphatic heterocycles. The zero-order chi connectivity index (χ0) is 27.2. The molecule has 1 rings (SSSR count). The highest BCUT2D eigenvalue weighted by molar-refractivity contribution is 8.26. The van der Waals surface area contributed by atoms with Crippen molar-refractivity contribution < 1.29 is 51.6 Å². The number of nitrogens with zero attached hydrogens (tertiary/aromatic N) is 3. The van der Waals surface area contributed by atoms with Gasteiger partial charge in [-0.25, -0.2) is 25.3 Å². The topological polar surface area (TPSA) is 130 Å². The summed E-state index contributed by atoms with van der Waals surface area (Å²) in [7, 11) is -18.9. The van der Waals surface area contributed by atoms with Crippen molar-refractivity contribution in [1.29, 1.82) is 0 Å². The molecule has 0 amide bonds. The van der Waals surface area contributed by atoms with Gasteiger partial charge >= 0.3 is 17.2 Å². The van der Waals surface area contributed by atoms with E-state index in [4.69, 9.17) is 0 Å². The number of halogens is 6. The maximum Gasteiger partial charge on any atom is 0.430 e. The molecule has 1 saturated heterocycles. The van der Waals surface area contributed by atoms with E-state index in [1.807, 2.05) is 5.11 Å². The van der Waals surface area contributed by atoms with Crippen molar-refractivity contribution in [3.8, 4) is 0 Å². The Hall–Kier alpha value is -1.17. The molecule has 0 radical (unpaired) electrons. The van der Waals surface area contributed by atoms with Crippen LogP contribution in [0.15, 0.2) is 10.3 Å². The van der Waals surface area contributed by atoms with Gasteiger partial charge in [-0.1, -0.05) is 10.3 Å². The Morgan fingerprint density at radius 3 is 1.47 bits per heavy atom. The van der Waals surface area contributed by atoms with Crippen LogP contribution in [0.3, 0.4) is 0 Å². The molecule has 0 aliphatic carbocycles. The molecule has 0 unspecified atom stereocenters. The van der Waals surface area contributed by atoms with E-state index in [0.717, 1.165) is 32.7 Å². The molecule has 0 aromatic rings. The van der Waals surface area contributed by atoms with Gasteiger partial charge in [0.25, 0.3) is 13.2 Å². The van der Waals surface area contributed by atoms with Gasteiger partial charge in [0.1, 0.15) is 0 Å². The molecule has 1 aliphatic rings. The summed E-state index contributed by atoms with van der Waals surface area (Å²) in [6.07, 6.45) is 1.51. The Kier molecular flexibility index (Phi) is 8.50. The van der Waals surface area contributed by atoms with Crippen molar-refractivity contribution in [2.45, 2.75) is 85.0 Å². The van der Waals surface area contributed by atoms with Crippen molar-refractivity contribution in [3.63, 3.8) is 0 Å². The maximum absolute atomic E-state index is 14.9. The number of piperidine rings is 1. The lowest BCUT2D eigenvalue weighted by molar-refractivity contribution is -0.279. The van der Waals surface area contributed by atoms with Crippen LogP contribution in [-0.2, 0) is 29.5 Å². The van der Waals surface area contributed by atoms with E-state index < -0.39 is 60.6 Å². The molecule has 1 heterocycles. The summed E-state index contributed by atoms with van der Waals surface area (Å²) in [5, 5.41) is -5.35. The van der Waals surface area contributed by atoms with Crippen molar-refractivity contribution in [2.75, 3.05) is 13.1 Å². The molecule has 34 heavy (non-hydrogen) atoms. The lowest BCUT2D eigenvalue weighted by Crippen LogP contribution is -2.66. The largest absolute Gasteiger partial charge is 0.430 e. The monoisotopic (exact) mass is 567 g/mol. The summed E-state index contributed by atoms with van der Waals surface area (Å²) in [5.41, 5.74) is 0. The first-order chi connectivity index (χ1) is 15.0. The Balaban J connectivity index is 3.80. The van der Waals surface area contributed by atoms with Gasteiger partial charge in [0, 0.05) is 13.1 Å². The normalized spacial score (nSPS) is 18.3. The van der Waals surface area contributed by atoms with Crippen molar-refractivity contribution >= 4 is 29.5 Å². The third-order valence-electron chi connectivity index (χ3n) is 5.47. The number of hydrogen-bond donors (Lipinski definition) is 0. The lowest BCUT2D eigenvalue weighted by Gasteiger charge is -2.37. The molecule has 0 aromatic heterocycles. The number of alkyl halides is 6. The Morgan fingerprint density at radius 2 is 1.12 bits per heavy atom. The van der Waals surface area contributed by atoms with Gasteiger partial charge < -0.3 is 0 Å². The molecule has 0 aromatic carbocycles. The van der Waals surface area contributed by atoms with E-state index in [1.165, 1.54) is 0 Å². The predicted octanol–water partition coefficient (Wildman–Crippen LogP) is 3.40. The minimum atomic E-state index is -7.44. The third-order valence-corrected chi connectivity index (χ3v) is 16.0. The summed E-state index contributed by atoms with van der Waals surface area (Å²) in [4.78, 5) is 0.